The maximum absolute atomic E-state index is 14.0. The summed E-state index contributed by atoms with van der Waals surface area (Å²) >= 11 is 0. The molecule has 0 aliphatic rings. The van der Waals surface area contributed by atoms with Crippen molar-refractivity contribution in [3.05, 3.63) is 71.8 Å². The van der Waals surface area contributed by atoms with Gasteiger partial charge in [0.15, 0.2) is 0 Å². The molecule has 0 bridgehead atoms. The standard InChI is InChI=1S/C16H14F2O2/c17-16(18,15(20)13-9-5-2-6-10-13)14(19)11-12-7-3-1-4-8-12/h1-10,15,20H,11H2. The maximum atomic E-state index is 14.0. The molecule has 0 aromatic heterocycles. The third kappa shape index (κ3) is 3.08. The minimum absolute atomic E-state index is 0.0268. The Balaban J connectivity index is 2.15. The number of halogens is 2. The fraction of sp³-hybridized carbons (Fsp3) is 0.188. The van der Waals surface area contributed by atoms with Gasteiger partial charge in [0.05, 0.1) is 0 Å². The van der Waals surface area contributed by atoms with Gasteiger partial charge < -0.3 is 5.11 Å². The lowest BCUT2D eigenvalue weighted by Crippen LogP contribution is -2.37. The summed E-state index contributed by atoms with van der Waals surface area (Å²) in [6.07, 6.45) is -2.53. The number of hydrogen-bond acceptors (Lipinski definition) is 2. The van der Waals surface area contributed by atoms with Crippen LogP contribution in [0, 0.1) is 0 Å². The molecule has 0 aliphatic heterocycles. The molecule has 0 saturated heterocycles. The molecule has 0 radical (unpaired) electrons. The second-order valence-corrected chi connectivity index (χ2v) is 4.52. The monoisotopic (exact) mass is 276 g/mol. The highest BCUT2D eigenvalue weighted by Crippen LogP contribution is 2.32. The Morgan fingerprint density at radius 1 is 1.00 bits per heavy atom. The predicted molar refractivity (Wildman–Crippen MR) is 71.5 cm³/mol. The number of carbonyl (C=O) groups excluding carboxylic acids is 1. The first kappa shape index (κ1) is 14.3. The second kappa shape index (κ2) is 5.92. The Kier molecular flexibility index (Phi) is 4.25. The van der Waals surface area contributed by atoms with E-state index in [0.717, 1.165) is 0 Å². The van der Waals surface area contributed by atoms with Crippen molar-refractivity contribution in [3.8, 4) is 0 Å². The Morgan fingerprint density at radius 3 is 2.05 bits per heavy atom. The van der Waals surface area contributed by atoms with Gasteiger partial charge in [-0.3, -0.25) is 4.79 Å². The van der Waals surface area contributed by atoms with E-state index in [1.807, 2.05) is 0 Å². The van der Waals surface area contributed by atoms with E-state index in [1.54, 1.807) is 36.4 Å². The van der Waals surface area contributed by atoms with E-state index in [4.69, 9.17) is 0 Å². The normalized spacial score (nSPS) is 12.9. The molecule has 2 aromatic rings. The molecule has 2 aromatic carbocycles. The predicted octanol–water partition coefficient (Wildman–Crippen LogP) is 3.17. The number of carbonyl (C=O) groups is 1. The fourth-order valence-electron chi connectivity index (χ4n) is 1.90. The zero-order valence-corrected chi connectivity index (χ0v) is 10.7. The van der Waals surface area contributed by atoms with E-state index in [2.05, 4.69) is 0 Å². The van der Waals surface area contributed by atoms with Crippen LogP contribution in [-0.4, -0.2) is 16.8 Å². The summed E-state index contributed by atoms with van der Waals surface area (Å²) in [5.74, 6) is -5.10. The van der Waals surface area contributed by atoms with Crippen molar-refractivity contribution in [1.82, 2.24) is 0 Å². The van der Waals surface area contributed by atoms with Crippen molar-refractivity contribution in [1.29, 1.82) is 0 Å². The molecule has 0 heterocycles. The number of Topliss-reactive ketones (excluding diaryl/α,β-unsaturated/α-hetero) is 1. The van der Waals surface area contributed by atoms with Crippen molar-refractivity contribution < 1.29 is 18.7 Å². The molecule has 4 heteroatoms. The van der Waals surface area contributed by atoms with Gasteiger partial charge in [-0.25, -0.2) is 0 Å². The van der Waals surface area contributed by atoms with Gasteiger partial charge in [-0.2, -0.15) is 8.78 Å². The number of benzene rings is 2. The van der Waals surface area contributed by atoms with Gasteiger partial charge in [0.2, 0.25) is 5.78 Å². The minimum Gasteiger partial charge on any atom is -0.382 e. The smallest absolute Gasteiger partial charge is 0.334 e. The first-order chi connectivity index (χ1) is 9.51. The van der Waals surface area contributed by atoms with Crippen LogP contribution in [0.2, 0.25) is 0 Å². The minimum atomic E-state index is -3.81. The first-order valence-electron chi connectivity index (χ1n) is 6.20. The highest BCUT2D eigenvalue weighted by Gasteiger charge is 2.46. The lowest BCUT2D eigenvalue weighted by molar-refractivity contribution is -0.161. The molecule has 20 heavy (non-hydrogen) atoms. The van der Waals surface area contributed by atoms with Crippen LogP contribution >= 0.6 is 0 Å². The zero-order valence-electron chi connectivity index (χ0n) is 10.7. The molecular weight excluding hydrogens is 262 g/mol. The molecule has 0 fully saturated rings. The molecule has 1 atom stereocenters. The van der Waals surface area contributed by atoms with Crippen LogP contribution in [0.5, 0.6) is 0 Å². The summed E-state index contributed by atoms with van der Waals surface area (Å²) in [6, 6.07) is 15.8. The Morgan fingerprint density at radius 2 is 1.50 bits per heavy atom. The quantitative estimate of drug-likeness (QED) is 0.910. The molecule has 0 saturated carbocycles. The molecule has 1 N–H and O–H groups in total. The Hall–Kier alpha value is -2.07. The third-order valence-electron chi connectivity index (χ3n) is 3.04. The highest BCUT2D eigenvalue weighted by atomic mass is 19.3. The lowest BCUT2D eigenvalue weighted by atomic mass is 9.96. The Bertz CT molecular complexity index is 568. The maximum Gasteiger partial charge on any atom is 0.334 e. The number of rotatable bonds is 5. The van der Waals surface area contributed by atoms with Crippen molar-refractivity contribution >= 4 is 5.78 Å². The van der Waals surface area contributed by atoms with Crippen LogP contribution in [0.4, 0.5) is 8.78 Å². The third-order valence-corrected chi connectivity index (χ3v) is 3.04. The fourth-order valence-corrected chi connectivity index (χ4v) is 1.90. The van der Waals surface area contributed by atoms with E-state index in [-0.39, 0.29) is 5.56 Å². The van der Waals surface area contributed by atoms with Crippen molar-refractivity contribution in [2.24, 2.45) is 0 Å². The van der Waals surface area contributed by atoms with E-state index in [0.29, 0.717) is 5.56 Å². The number of aliphatic hydroxyl groups is 1. The van der Waals surface area contributed by atoms with Crippen LogP contribution < -0.4 is 0 Å². The number of hydrogen-bond donors (Lipinski definition) is 1. The molecule has 2 nitrogen and oxygen atoms in total. The van der Waals surface area contributed by atoms with Gasteiger partial charge in [-0.15, -0.1) is 0 Å². The largest absolute Gasteiger partial charge is 0.382 e. The Labute approximate surface area is 115 Å². The van der Waals surface area contributed by atoms with Crippen molar-refractivity contribution in [3.63, 3.8) is 0 Å². The van der Waals surface area contributed by atoms with Gasteiger partial charge in [-0.05, 0) is 11.1 Å². The summed E-state index contributed by atoms with van der Waals surface area (Å²) in [7, 11) is 0. The molecule has 0 spiro atoms. The van der Waals surface area contributed by atoms with Crippen LogP contribution in [0.1, 0.15) is 17.2 Å². The zero-order chi connectivity index (χ0) is 14.6. The molecular formula is C16H14F2O2. The van der Waals surface area contributed by atoms with E-state index < -0.39 is 24.2 Å². The summed E-state index contributed by atoms with van der Waals surface area (Å²) in [4.78, 5) is 11.7. The van der Waals surface area contributed by atoms with Crippen molar-refractivity contribution in [2.45, 2.75) is 18.4 Å². The lowest BCUT2D eigenvalue weighted by Gasteiger charge is -2.21. The van der Waals surface area contributed by atoms with Crippen LogP contribution in [-0.2, 0) is 11.2 Å². The SMILES string of the molecule is O=C(Cc1ccccc1)C(F)(F)C(O)c1ccccc1. The summed E-state index contributed by atoms with van der Waals surface area (Å²) in [5.41, 5.74) is 0.524. The summed E-state index contributed by atoms with van der Waals surface area (Å²) in [6.45, 7) is 0. The van der Waals surface area contributed by atoms with E-state index >= 15 is 0 Å². The molecule has 0 aliphatic carbocycles. The van der Waals surface area contributed by atoms with Crippen LogP contribution in [0.25, 0.3) is 0 Å². The highest BCUT2D eigenvalue weighted by molar-refractivity contribution is 5.88. The van der Waals surface area contributed by atoms with Gasteiger partial charge in [0.1, 0.15) is 6.10 Å². The molecule has 0 amide bonds. The van der Waals surface area contributed by atoms with Crippen LogP contribution in [0.3, 0.4) is 0 Å². The topological polar surface area (TPSA) is 37.3 Å². The van der Waals surface area contributed by atoms with Gasteiger partial charge in [-0.1, -0.05) is 60.7 Å². The van der Waals surface area contributed by atoms with E-state index in [1.165, 1.54) is 24.3 Å². The number of aliphatic hydroxyl groups excluding tert-OH is 1. The summed E-state index contributed by atoms with van der Waals surface area (Å²) < 4.78 is 28.0. The van der Waals surface area contributed by atoms with Gasteiger partial charge >= 0.3 is 5.92 Å². The number of ketones is 1. The van der Waals surface area contributed by atoms with Crippen LogP contribution in [0.15, 0.2) is 60.7 Å². The van der Waals surface area contributed by atoms with Gasteiger partial charge in [0, 0.05) is 6.42 Å². The number of alkyl halides is 2. The summed E-state index contributed by atoms with van der Waals surface area (Å²) in [5, 5.41) is 9.73. The molecule has 2 rings (SSSR count). The first-order valence-corrected chi connectivity index (χ1v) is 6.20. The average Bonchev–Trinajstić information content (AvgIpc) is 2.48. The van der Waals surface area contributed by atoms with E-state index in [9.17, 15) is 18.7 Å². The average molecular weight is 276 g/mol. The molecule has 104 valence electrons. The second-order valence-electron chi connectivity index (χ2n) is 4.52. The molecule has 1 unspecified atom stereocenters. The van der Waals surface area contributed by atoms with Crippen molar-refractivity contribution in [2.75, 3.05) is 0 Å². The van der Waals surface area contributed by atoms with Gasteiger partial charge in [0.25, 0.3) is 0 Å².